The second-order valence-corrected chi connectivity index (χ2v) is 4.67. The van der Waals surface area contributed by atoms with Crippen LogP contribution in [0.15, 0.2) is 47.5 Å². The van der Waals surface area contributed by atoms with Gasteiger partial charge in [-0.15, -0.1) is 13.2 Å². The van der Waals surface area contributed by atoms with Crippen LogP contribution in [0.25, 0.3) is 22.0 Å². The van der Waals surface area contributed by atoms with E-state index < -0.39 is 17.7 Å². The number of nitrogens with one attached hydrogen (secondary N) is 1. The summed E-state index contributed by atoms with van der Waals surface area (Å²) in [6, 6.07) is 8.03. The van der Waals surface area contributed by atoms with Crippen molar-refractivity contribution in [2.45, 2.75) is 6.36 Å². The molecule has 0 aliphatic rings. The molecule has 1 aromatic heterocycles. The maximum absolute atomic E-state index is 12.5. The van der Waals surface area contributed by atoms with Gasteiger partial charge in [0.05, 0.1) is 11.7 Å². The molecule has 3 rings (SSSR count). The third kappa shape index (κ3) is 2.96. The number of H-pyrrole nitrogens is 1. The Bertz CT molecular complexity index is 935. The first-order valence-electron chi connectivity index (χ1n) is 6.41. The van der Waals surface area contributed by atoms with Gasteiger partial charge in [-0.1, -0.05) is 18.2 Å². The number of ether oxygens (including phenoxy) is 1. The number of rotatable bonds is 2. The third-order valence-corrected chi connectivity index (χ3v) is 3.15. The summed E-state index contributed by atoms with van der Waals surface area (Å²) in [7, 11) is 0. The second kappa shape index (κ2) is 5.31. The van der Waals surface area contributed by atoms with Crippen LogP contribution in [-0.2, 0) is 0 Å². The van der Waals surface area contributed by atoms with Gasteiger partial charge >= 0.3 is 6.36 Å². The standard InChI is InChI=1S/C15H9F3N2O3/c16-15(17,18)23-12-4-2-1-3-9(12)8-5-10-13(11(21)6-8)19-7-20-14(10)22/h1-7,21H,(H,19,20,22). The number of phenolic OH excluding ortho intramolecular Hbond substituents is 1. The number of nitrogens with zero attached hydrogens (tertiary/aromatic N) is 1. The molecule has 0 saturated carbocycles. The zero-order chi connectivity index (χ0) is 16.6. The fourth-order valence-corrected chi connectivity index (χ4v) is 2.24. The van der Waals surface area contributed by atoms with Crippen molar-refractivity contribution in [2.24, 2.45) is 0 Å². The van der Waals surface area contributed by atoms with E-state index in [9.17, 15) is 23.1 Å². The quantitative estimate of drug-likeness (QED) is 0.760. The maximum Gasteiger partial charge on any atom is 0.573 e. The van der Waals surface area contributed by atoms with Crippen molar-refractivity contribution < 1.29 is 23.0 Å². The number of halogens is 3. The molecule has 0 radical (unpaired) electrons. The molecule has 8 heteroatoms. The molecular formula is C15H9F3N2O3. The second-order valence-electron chi connectivity index (χ2n) is 4.67. The number of aromatic hydroxyl groups is 1. The zero-order valence-corrected chi connectivity index (χ0v) is 11.4. The smallest absolute Gasteiger partial charge is 0.506 e. The monoisotopic (exact) mass is 322 g/mol. The summed E-state index contributed by atoms with van der Waals surface area (Å²) in [6.45, 7) is 0. The van der Waals surface area contributed by atoms with Crippen LogP contribution in [0.4, 0.5) is 13.2 Å². The van der Waals surface area contributed by atoms with Gasteiger partial charge in [-0.2, -0.15) is 0 Å². The van der Waals surface area contributed by atoms with Crippen molar-refractivity contribution in [2.75, 3.05) is 0 Å². The number of para-hydroxylation sites is 1. The Labute approximate surface area is 127 Å². The number of hydrogen-bond acceptors (Lipinski definition) is 4. The van der Waals surface area contributed by atoms with Gasteiger partial charge in [0.25, 0.3) is 5.56 Å². The van der Waals surface area contributed by atoms with Crippen LogP contribution in [0.5, 0.6) is 11.5 Å². The Hall–Kier alpha value is -3.03. The van der Waals surface area contributed by atoms with Gasteiger partial charge < -0.3 is 14.8 Å². The SMILES string of the molecule is O=c1[nH]cnc2c(O)cc(-c3ccccc3OC(F)(F)F)cc12. The molecule has 23 heavy (non-hydrogen) atoms. The number of benzene rings is 2. The first-order chi connectivity index (χ1) is 10.8. The summed E-state index contributed by atoms with van der Waals surface area (Å²) >= 11 is 0. The van der Waals surface area contributed by atoms with E-state index in [1.165, 1.54) is 30.3 Å². The highest BCUT2D eigenvalue weighted by Crippen LogP contribution is 2.36. The van der Waals surface area contributed by atoms with E-state index in [1.54, 1.807) is 0 Å². The third-order valence-electron chi connectivity index (χ3n) is 3.15. The van der Waals surface area contributed by atoms with E-state index >= 15 is 0 Å². The molecule has 0 bridgehead atoms. The van der Waals surface area contributed by atoms with Crippen molar-refractivity contribution in [3.63, 3.8) is 0 Å². The van der Waals surface area contributed by atoms with E-state index in [4.69, 9.17) is 0 Å². The van der Waals surface area contributed by atoms with Gasteiger partial charge in [0, 0.05) is 5.56 Å². The highest BCUT2D eigenvalue weighted by atomic mass is 19.4. The fraction of sp³-hybridized carbons (Fsp3) is 0.0667. The summed E-state index contributed by atoms with van der Waals surface area (Å²) in [5.41, 5.74) is -0.160. The average molecular weight is 322 g/mol. The van der Waals surface area contributed by atoms with Gasteiger partial charge in [-0.25, -0.2) is 4.98 Å². The molecule has 0 fully saturated rings. The van der Waals surface area contributed by atoms with Gasteiger partial charge in [0.15, 0.2) is 0 Å². The number of fused-ring (bicyclic) bond motifs is 1. The van der Waals surface area contributed by atoms with E-state index in [-0.39, 0.29) is 27.8 Å². The molecule has 118 valence electrons. The molecule has 0 aliphatic carbocycles. The number of hydrogen-bond donors (Lipinski definition) is 2. The van der Waals surface area contributed by atoms with E-state index in [0.29, 0.717) is 0 Å². The molecular weight excluding hydrogens is 313 g/mol. The Morgan fingerprint density at radius 2 is 1.91 bits per heavy atom. The van der Waals surface area contributed by atoms with Crippen LogP contribution in [0.3, 0.4) is 0 Å². The topological polar surface area (TPSA) is 75.2 Å². The van der Waals surface area contributed by atoms with Gasteiger partial charge in [0.2, 0.25) is 0 Å². The van der Waals surface area contributed by atoms with Crippen LogP contribution in [0.1, 0.15) is 0 Å². The highest BCUT2D eigenvalue weighted by Gasteiger charge is 2.32. The van der Waals surface area contributed by atoms with Crippen LogP contribution in [-0.4, -0.2) is 21.4 Å². The molecule has 0 amide bonds. The maximum atomic E-state index is 12.5. The molecule has 0 aliphatic heterocycles. The molecule has 0 spiro atoms. The molecule has 1 heterocycles. The van der Waals surface area contributed by atoms with Gasteiger partial charge in [-0.3, -0.25) is 4.79 Å². The van der Waals surface area contributed by atoms with Crippen molar-refractivity contribution >= 4 is 10.9 Å². The predicted molar refractivity (Wildman–Crippen MR) is 76.1 cm³/mol. The Morgan fingerprint density at radius 3 is 2.65 bits per heavy atom. The van der Waals surface area contributed by atoms with Crippen molar-refractivity contribution in [3.05, 3.63) is 53.1 Å². The number of phenols is 1. The lowest BCUT2D eigenvalue weighted by molar-refractivity contribution is -0.274. The Kier molecular flexibility index (Phi) is 3.44. The molecule has 0 unspecified atom stereocenters. The summed E-state index contributed by atoms with van der Waals surface area (Å²) in [5, 5.41) is 10.0. The van der Waals surface area contributed by atoms with Crippen LogP contribution in [0, 0.1) is 0 Å². The zero-order valence-electron chi connectivity index (χ0n) is 11.4. The normalized spacial score (nSPS) is 11.6. The predicted octanol–water partition coefficient (Wildman–Crippen LogP) is 3.19. The minimum Gasteiger partial charge on any atom is -0.506 e. The first kappa shape index (κ1) is 14.9. The summed E-state index contributed by atoms with van der Waals surface area (Å²) in [6.07, 6.45) is -3.72. The van der Waals surface area contributed by atoms with Crippen LogP contribution < -0.4 is 10.3 Å². The van der Waals surface area contributed by atoms with Gasteiger partial charge in [0.1, 0.15) is 17.0 Å². The summed E-state index contributed by atoms with van der Waals surface area (Å²) < 4.78 is 41.5. The van der Waals surface area contributed by atoms with Crippen LogP contribution >= 0.6 is 0 Å². The van der Waals surface area contributed by atoms with Gasteiger partial charge in [-0.05, 0) is 23.8 Å². The minimum atomic E-state index is -4.85. The lowest BCUT2D eigenvalue weighted by Gasteiger charge is -2.13. The lowest BCUT2D eigenvalue weighted by atomic mass is 10.0. The summed E-state index contributed by atoms with van der Waals surface area (Å²) in [4.78, 5) is 18.0. The van der Waals surface area contributed by atoms with E-state index in [1.807, 2.05) is 0 Å². The summed E-state index contributed by atoms with van der Waals surface area (Å²) in [5.74, 6) is -0.746. The van der Waals surface area contributed by atoms with Crippen molar-refractivity contribution in [1.29, 1.82) is 0 Å². The van der Waals surface area contributed by atoms with Crippen LogP contribution in [0.2, 0.25) is 0 Å². The van der Waals surface area contributed by atoms with E-state index in [0.717, 1.165) is 12.4 Å². The van der Waals surface area contributed by atoms with Crippen molar-refractivity contribution in [1.82, 2.24) is 9.97 Å². The largest absolute Gasteiger partial charge is 0.573 e. The number of aromatic amines is 1. The molecule has 0 saturated heterocycles. The molecule has 2 aromatic carbocycles. The average Bonchev–Trinajstić information content (AvgIpc) is 2.47. The lowest BCUT2D eigenvalue weighted by Crippen LogP contribution is -2.17. The molecule has 3 aromatic rings. The Morgan fingerprint density at radius 1 is 1.17 bits per heavy atom. The first-order valence-corrected chi connectivity index (χ1v) is 6.41. The highest BCUT2D eigenvalue weighted by molar-refractivity contribution is 5.89. The Balaban J connectivity index is 2.22. The fourth-order valence-electron chi connectivity index (χ4n) is 2.24. The molecule has 5 nitrogen and oxygen atoms in total. The van der Waals surface area contributed by atoms with E-state index in [2.05, 4.69) is 14.7 Å². The van der Waals surface area contributed by atoms with Crippen molar-refractivity contribution in [3.8, 4) is 22.6 Å². The molecule has 0 atom stereocenters. The number of alkyl halides is 3. The molecule has 2 N–H and O–H groups in total. The minimum absolute atomic E-state index is 0.0595. The number of aromatic nitrogens is 2.